The average molecular weight is 409 g/mol. The Hall–Kier alpha value is -1.28. The first kappa shape index (κ1) is 21.4. The Morgan fingerprint density at radius 2 is 2.14 bits per heavy atom. The summed E-state index contributed by atoms with van der Waals surface area (Å²) in [7, 11) is 2.13. The summed E-state index contributed by atoms with van der Waals surface area (Å²) >= 11 is 1.71. The fourth-order valence-corrected chi connectivity index (χ4v) is 4.81. The Kier molecular flexibility index (Phi) is 8.45. The van der Waals surface area contributed by atoms with Crippen LogP contribution >= 0.6 is 11.8 Å². The van der Waals surface area contributed by atoms with E-state index in [1.807, 2.05) is 0 Å². The molecule has 2 aliphatic rings. The molecule has 0 aromatic carbocycles. The smallest absolute Gasteiger partial charge is 0.193 e. The topological polar surface area (TPSA) is 67.6 Å². The van der Waals surface area contributed by atoms with E-state index in [-0.39, 0.29) is 0 Å². The predicted molar refractivity (Wildman–Crippen MR) is 115 cm³/mol. The molecule has 2 fully saturated rings. The Morgan fingerprint density at radius 1 is 1.32 bits per heavy atom. The Bertz CT molecular complexity index is 622. The summed E-state index contributed by atoms with van der Waals surface area (Å²) in [6.45, 7) is 6.58. The van der Waals surface area contributed by atoms with Crippen molar-refractivity contribution in [3.63, 3.8) is 0 Å². The summed E-state index contributed by atoms with van der Waals surface area (Å²) in [4.78, 5) is 7.10. The maximum absolute atomic E-state index is 5.51. The number of hydrogen-bond acceptors (Lipinski definition) is 5. The minimum absolute atomic E-state index is 0.591. The largest absolute Gasteiger partial charge is 0.381 e. The van der Waals surface area contributed by atoms with E-state index in [1.165, 1.54) is 25.7 Å². The van der Waals surface area contributed by atoms with Crippen LogP contribution in [0.4, 0.5) is 0 Å². The zero-order valence-electron chi connectivity index (χ0n) is 17.7. The van der Waals surface area contributed by atoms with E-state index in [1.54, 1.807) is 11.8 Å². The lowest BCUT2D eigenvalue weighted by Gasteiger charge is -2.24. The van der Waals surface area contributed by atoms with Crippen molar-refractivity contribution in [2.45, 2.75) is 63.1 Å². The summed E-state index contributed by atoms with van der Waals surface area (Å²) in [5.41, 5.74) is 0. The molecule has 1 aliphatic heterocycles. The summed E-state index contributed by atoms with van der Waals surface area (Å²) < 4.78 is 7.91. The van der Waals surface area contributed by atoms with Crippen LogP contribution in [0.1, 0.15) is 57.3 Å². The van der Waals surface area contributed by atoms with Gasteiger partial charge in [0.25, 0.3) is 0 Å². The van der Waals surface area contributed by atoms with Crippen LogP contribution in [0.15, 0.2) is 10.1 Å². The molecule has 1 saturated carbocycles. The van der Waals surface area contributed by atoms with Crippen LogP contribution in [0.3, 0.4) is 0 Å². The number of hydrogen-bond donors (Lipinski definition) is 1. The van der Waals surface area contributed by atoms with Gasteiger partial charge in [-0.1, -0.05) is 24.6 Å². The highest BCUT2D eigenvalue weighted by Gasteiger charge is 2.23. The monoisotopic (exact) mass is 408 g/mol. The third-order valence-corrected chi connectivity index (χ3v) is 6.32. The molecule has 1 saturated heterocycles. The highest BCUT2D eigenvalue weighted by molar-refractivity contribution is 7.98. The number of nitrogens with one attached hydrogen (secondary N) is 1. The second-order valence-corrected chi connectivity index (χ2v) is 8.63. The molecule has 0 amide bonds. The van der Waals surface area contributed by atoms with Gasteiger partial charge in [0.1, 0.15) is 5.82 Å². The summed E-state index contributed by atoms with van der Waals surface area (Å²) in [5.74, 6) is 2.74. The number of aromatic nitrogens is 3. The molecule has 1 aromatic heterocycles. The van der Waals surface area contributed by atoms with Gasteiger partial charge >= 0.3 is 0 Å². The van der Waals surface area contributed by atoms with Crippen LogP contribution in [0.2, 0.25) is 0 Å². The number of aliphatic imine (C=N–C) groups is 1. The number of guanidine groups is 1. The molecule has 0 spiro atoms. The summed E-state index contributed by atoms with van der Waals surface area (Å²) in [6, 6.07) is 0.591. The van der Waals surface area contributed by atoms with Gasteiger partial charge in [-0.15, -0.1) is 10.2 Å². The van der Waals surface area contributed by atoms with Crippen molar-refractivity contribution in [2.75, 3.05) is 46.2 Å². The SMILES string of the molecule is CCNC(=NCCCc1nnc(SC)n1C1CCCC1)N(C)CC1CCOC1. The minimum atomic E-state index is 0.591. The van der Waals surface area contributed by atoms with Crippen molar-refractivity contribution >= 4 is 17.7 Å². The van der Waals surface area contributed by atoms with E-state index in [0.29, 0.717) is 12.0 Å². The number of rotatable bonds is 9. The van der Waals surface area contributed by atoms with Gasteiger partial charge < -0.3 is 19.5 Å². The first-order valence-corrected chi connectivity index (χ1v) is 12.0. The lowest BCUT2D eigenvalue weighted by atomic mass is 10.1. The molecular weight excluding hydrogens is 372 g/mol. The van der Waals surface area contributed by atoms with Gasteiger partial charge in [-0.3, -0.25) is 4.99 Å². The normalized spacial score (nSPS) is 20.8. The molecule has 1 aromatic rings. The van der Waals surface area contributed by atoms with Crippen molar-refractivity contribution < 1.29 is 4.74 Å². The Balaban J connectivity index is 1.54. The molecule has 1 N–H and O–H groups in total. The second-order valence-electron chi connectivity index (χ2n) is 7.86. The molecule has 3 rings (SSSR count). The molecule has 28 heavy (non-hydrogen) atoms. The van der Waals surface area contributed by atoms with Gasteiger partial charge in [0.2, 0.25) is 0 Å². The zero-order chi connectivity index (χ0) is 19.8. The van der Waals surface area contributed by atoms with Crippen LogP contribution in [0.5, 0.6) is 0 Å². The first-order chi connectivity index (χ1) is 13.7. The maximum Gasteiger partial charge on any atom is 0.193 e. The number of ether oxygens (including phenoxy) is 1. The van der Waals surface area contributed by atoms with Crippen LogP contribution in [-0.2, 0) is 11.2 Å². The lowest BCUT2D eigenvalue weighted by molar-refractivity contribution is 0.181. The third-order valence-electron chi connectivity index (χ3n) is 5.68. The molecule has 2 heterocycles. The average Bonchev–Trinajstić information content (AvgIpc) is 3.45. The second kappa shape index (κ2) is 11.0. The van der Waals surface area contributed by atoms with E-state index in [9.17, 15) is 0 Å². The molecule has 0 bridgehead atoms. The number of thioether (sulfide) groups is 1. The van der Waals surface area contributed by atoms with Gasteiger partial charge in [-0.25, -0.2) is 0 Å². The quantitative estimate of drug-likeness (QED) is 0.293. The maximum atomic E-state index is 5.51. The first-order valence-electron chi connectivity index (χ1n) is 10.8. The summed E-state index contributed by atoms with van der Waals surface area (Å²) in [5, 5.41) is 13.4. The van der Waals surface area contributed by atoms with Crippen LogP contribution in [0, 0.1) is 5.92 Å². The number of nitrogens with zero attached hydrogens (tertiary/aromatic N) is 5. The molecule has 7 nitrogen and oxygen atoms in total. The van der Waals surface area contributed by atoms with E-state index in [0.717, 1.165) is 69.1 Å². The molecule has 0 radical (unpaired) electrons. The minimum Gasteiger partial charge on any atom is -0.381 e. The van der Waals surface area contributed by atoms with Gasteiger partial charge in [0, 0.05) is 51.7 Å². The molecule has 8 heteroatoms. The zero-order valence-corrected chi connectivity index (χ0v) is 18.5. The van der Waals surface area contributed by atoms with Crippen LogP contribution < -0.4 is 5.32 Å². The fourth-order valence-electron chi connectivity index (χ4n) is 4.24. The summed E-state index contributed by atoms with van der Waals surface area (Å²) in [6.07, 6.45) is 10.3. The van der Waals surface area contributed by atoms with E-state index in [4.69, 9.17) is 9.73 Å². The van der Waals surface area contributed by atoms with E-state index >= 15 is 0 Å². The lowest BCUT2D eigenvalue weighted by Crippen LogP contribution is -2.41. The van der Waals surface area contributed by atoms with Crippen molar-refractivity contribution in [2.24, 2.45) is 10.9 Å². The van der Waals surface area contributed by atoms with Crippen LogP contribution in [0.25, 0.3) is 0 Å². The van der Waals surface area contributed by atoms with Gasteiger partial charge in [0.05, 0.1) is 6.61 Å². The fraction of sp³-hybridized carbons (Fsp3) is 0.850. The van der Waals surface area contributed by atoms with E-state index in [2.05, 4.69) is 45.2 Å². The molecule has 158 valence electrons. The Morgan fingerprint density at radius 3 is 2.82 bits per heavy atom. The van der Waals surface area contributed by atoms with Crippen LogP contribution in [-0.4, -0.2) is 71.8 Å². The van der Waals surface area contributed by atoms with E-state index < -0.39 is 0 Å². The van der Waals surface area contributed by atoms with Crippen molar-refractivity contribution in [1.29, 1.82) is 0 Å². The highest BCUT2D eigenvalue weighted by atomic mass is 32.2. The molecule has 1 atom stereocenters. The highest BCUT2D eigenvalue weighted by Crippen LogP contribution is 2.33. The van der Waals surface area contributed by atoms with Gasteiger partial charge in [0.15, 0.2) is 11.1 Å². The number of aryl methyl sites for hydroxylation is 1. The predicted octanol–water partition coefficient (Wildman–Crippen LogP) is 2.98. The molecular formula is C20H36N6OS. The molecule has 1 aliphatic carbocycles. The van der Waals surface area contributed by atoms with Gasteiger partial charge in [-0.2, -0.15) is 0 Å². The standard InChI is InChI=1S/C20H36N6OS/c1-4-21-19(25(2)14-16-11-13-27-15-16)22-12-7-10-18-23-24-20(28-3)26(18)17-8-5-6-9-17/h16-17H,4-15H2,1-3H3,(H,21,22). The van der Waals surface area contributed by atoms with Crippen molar-refractivity contribution in [3.05, 3.63) is 5.82 Å². The third kappa shape index (κ3) is 5.63. The van der Waals surface area contributed by atoms with Gasteiger partial charge in [-0.05, 0) is 38.9 Å². The molecule has 1 unspecified atom stereocenters. The van der Waals surface area contributed by atoms with Crippen molar-refractivity contribution in [3.8, 4) is 0 Å². The Labute approximate surface area is 173 Å². The van der Waals surface area contributed by atoms with Crippen molar-refractivity contribution in [1.82, 2.24) is 25.0 Å².